The van der Waals surface area contributed by atoms with Crippen molar-refractivity contribution in [1.82, 2.24) is 2.78 Å². The second-order valence-corrected chi connectivity index (χ2v) is 4.17. The van der Waals surface area contributed by atoms with Gasteiger partial charge in [0, 0.05) is 18.0 Å². The lowest BCUT2D eigenvalue weighted by molar-refractivity contribution is 0.112. The van der Waals surface area contributed by atoms with E-state index in [2.05, 4.69) is 22.9 Å². The summed E-state index contributed by atoms with van der Waals surface area (Å²) in [7, 11) is 0. The molecule has 0 aliphatic rings. The molecule has 1 heterocycles. The summed E-state index contributed by atoms with van der Waals surface area (Å²) < 4.78 is 1.97. The summed E-state index contributed by atoms with van der Waals surface area (Å²) in [5.74, 6) is 0. The number of aldehydes is 1. The van der Waals surface area contributed by atoms with Gasteiger partial charge in [0.2, 0.25) is 0 Å². The van der Waals surface area contributed by atoms with Gasteiger partial charge in [0.15, 0.2) is 0 Å². The summed E-state index contributed by atoms with van der Waals surface area (Å²) in [6, 6.07) is 11.4. The Kier molecular flexibility index (Phi) is 5.10. The molecule has 2 nitrogen and oxygen atoms in total. The van der Waals surface area contributed by atoms with E-state index >= 15 is 0 Å². The maximum atomic E-state index is 10.1. The van der Waals surface area contributed by atoms with Crippen LogP contribution in [-0.4, -0.2) is 9.07 Å². The molecule has 3 heteroatoms. The maximum Gasteiger partial charge on any atom is 0.150 e. The summed E-state index contributed by atoms with van der Waals surface area (Å²) >= 11 is 2.19. The Morgan fingerprint density at radius 1 is 1.13 bits per heavy atom. The Hall–Kier alpha value is -1.10. The minimum atomic E-state index is 0.737. The molecular formula is C12H12INO. The predicted molar refractivity (Wildman–Crippen MR) is 70.4 cm³/mol. The van der Waals surface area contributed by atoms with Crippen LogP contribution < -0.4 is 0 Å². The molecule has 0 saturated heterocycles. The first-order valence-electron chi connectivity index (χ1n) is 4.53. The molecule has 15 heavy (non-hydrogen) atoms. The number of aromatic nitrogens is 1. The van der Waals surface area contributed by atoms with E-state index in [4.69, 9.17) is 0 Å². The zero-order valence-electron chi connectivity index (χ0n) is 8.43. The monoisotopic (exact) mass is 313 g/mol. The largest absolute Gasteiger partial charge is 0.298 e. The van der Waals surface area contributed by atoms with Crippen LogP contribution in [0.25, 0.3) is 0 Å². The van der Waals surface area contributed by atoms with Gasteiger partial charge in [0.25, 0.3) is 0 Å². The fourth-order valence-corrected chi connectivity index (χ4v) is 1.33. The van der Waals surface area contributed by atoms with E-state index < -0.39 is 0 Å². The minimum Gasteiger partial charge on any atom is -0.298 e. The van der Waals surface area contributed by atoms with E-state index in [1.165, 1.54) is 5.56 Å². The van der Waals surface area contributed by atoms with Crippen LogP contribution in [0, 0.1) is 6.92 Å². The molecule has 0 unspecified atom stereocenters. The molecule has 0 amide bonds. The quantitative estimate of drug-likeness (QED) is 0.583. The molecular weight excluding hydrogens is 301 g/mol. The number of hydrogen-bond acceptors (Lipinski definition) is 1. The molecule has 0 aliphatic heterocycles. The molecule has 2 rings (SSSR count). The van der Waals surface area contributed by atoms with Gasteiger partial charge in [-0.3, -0.25) is 7.58 Å². The number of halogens is 1. The van der Waals surface area contributed by atoms with Crippen molar-refractivity contribution in [3.8, 4) is 0 Å². The van der Waals surface area contributed by atoms with Crippen LogP contribution in [0.4, 0.5) is 0 Å². The molecule has 0 N–H and O–H groups in total. The Labute approximate surface area is 103 Å². The molecule has 0 atom stereocenters. The summed E-state index contributed by atoms with van der Waals surface area (Å²) in [6.45, 7) is 1.99. The van der Waals surface area contributed by atoms with Crippen LogP contribution in [-0.2, 0) is 0 Å². The maximum absolute atomic E-state index is 10.1. The summed E-state index contributed by atoms with van der Waals surface area (Å²) in [5, 5.41) is 0. The molecule has 1 aromatic carbocycles. The van der Waals surface area contributed by atoms with Crippen LogP contribution in [0.1, 0.15) is 15.9 Å². The van der Waals surface area contributed by atoms with E-state index in [1.54, 1.807) is 0 Å². The second-order valence-electron chi connectivity index (χ2n) is 3.06. The number of nitrogens with zero attached hydrogens (tertiary/aromatic N) is 1. The smallest absolute Gasteiger partial charge is 0.150 e. The molecule has 0 spiro atoms. The standard InChI is InChI=1S/C8H8O.C4H4IN/c1-7-2-4-8(6-9)5-3-7;5-6-3-1-2-4-6/h2-6H,1H3;1-4H. The average Bonchev–Trinajstić information content (AvgIpc) is 2.71. The Morgan fingerprint density at radius 3 is 2.00 bits per heavy atom. The van der Waals surface area contributed by atoms with Crippen molar-refractivity contribution in [2.24, 2.45) is 0 Å². The van der Waals surface area contributed by atoms with E-state index in [-0.39, 0.29) is 0 Å². The molecule has 0 bridgehead atoms. The minimum absolute atomic E-state index is 0.737. The summed E-state index contributed by atoms with van der Waals surface area (Å²) in [5.41, 5.74) is 1.92. The summed E-state index contributed by atoms with van der Waals surface area (Å²) in [6.07, 6.45) is 4.82. The molecule has 0 saturated carbocycles. The normalized spacial score (nSPS) is 8.93. The van der Waals surface area contributed by atoms with Gasteiger partial charge in [0.1, 0.15) is 6.29 Å². The fourth-order valence-electron chi connectivity index (χ4n) is 0.959. The van der Waals surface area contributed by atoms with Gasteiger partial charge in [0.05, 0.1) is 22.9 Å². The van der Waals surface area contributed by atoms with E-state index in [0.29, 0.717) is 0 Å². The highest BCUT2D eigenvalue weighted by Crippen LogP contribution is 1.98. The van der Waals surface area contributed by atoms with Gasteiger partial charge in [-0.05, 0) is 19.1 Å². The van der Waals surface area contributed by atoms with Gasteiger partial charge >= 0.3 is 0 Å². The first-order valence-corrected chi connectivity index (χ1v) is 5.50. The van der Waals surface area contributed by atoms with Crippen LogP contribution in [0.5, 0.6) is 0 Å². The van der Waals surface area contributed by atoms with Crippen molar-refractivity contribution in [2.45, 2.75) is 6.92 Å². The number of aryl methyl sites for hydroxylation is 1. The molecule has 0 fully saturated rings. The van der Waals surface area contributed by atoms with Crippen molar-refractivity contribution in [3.05, 3.63) is 59.9 Å². The SMILES string of the molecule is Cc1ccc(C=O)cc1.In1cccc1. The average molecular weight is 313 g/mol. The first-order chi connectivity index (χ1) is 7.22. The first kappa shape index (κ1) is 12.0. The van der Waals surface area contributed by atoms with Crippen molar-refractivity contribution in [1.29, 1.82) is 0 Å². The number of benzene rings is 1. The van der Waals surface area contributed by atoms with Crippen molar-refractivity contribution in [3.63, 3.8) is 0 Å². The lowest BCUT2D eigenvalue weighted by Gasteiger charge is -1.89. The predicted octanol–water partition coefficient (Wildman–Crippen LogP) is 3.49. The zero-order chi connectivity index (χ0) is 11.1. The van der Waals surface area contributed by atoms with E-state index in [1.807, 2.05) is 58.5 Å². The second kappa shape index (κ2) is 6.40. The van der Waals surface area contributed by atoms with Gasteiger partial charge in [-0.2, -0.15) is 0 Å². The van der Waals surface area contributed by atoms with Gasteiger partial charge < -0.3 is 0 Å². The molecule has 0 aliphatic carbocycles. The van der Waals surface area contributed by atoms with Gasteiger partial charge in [-0.15, -0.1) is 0 Å². The molecule has 2 aromatic rings. The highest BCUT2D eigenvalue weighted by molar-refractivity contribution is 14.1. The van der Waals surface area contributed by atoms with Crippen LogP contribution in [0.15, 0.2) is 48.8 Å². The zero-order valence-corrected chi connectivity index (χ0v) is 10.6. The van der Waals surface area contributed by atoms with Crippen molar-refractivity contribution in [2.75, 3.05) is 0 Å². The fraction of sp³-hybridized carbons (Fsp3) is 0.0833. The molecule has 0 radical (unpaired) electrons. The third-order valence-corrected chi connectivity index (χ3v) is 2.42. The number of carbonyl (C=O) groups excluding carboxylic acids is 1. The van der Waals surface area contributed by atoms with Gasteiger partial charge in [-0.25, -0.2) is 0 Å². The number of hydrogen-bond donors (Lipinski definition) is 0. The highest BCUT2D eigenvalue weighted by atomic mass is 127. The van der Waals surface area contributed by atoms with Crippen LogP contribution >= 0.6 is 22.9 Å². The van der Waals surface area contributed by atoms with E-state index in [0.717, 1.165) is 11.8 Å². The third kappa shape index (κ3) is 4.78. The van der Waals surface area contributed by atoms with E-state index in [9.17, 15) is 4.79 Å². The van der Waals surface area contributed by atoms with Crippen LogP contribution in [0.3, 0.4) is 0 Å². The van der Waals surface area contributed by atoms with Gasteiger partial charge in [-0.1, -0.05) is 29.8 Å². The number of rotatable bonds is 1. The third-order valence-electron chi connectivity index (χ3n) is 1.78. The lowest BCUT2D eigenvalue weighted by Crippen LogP contribution is -1.77. The van der Waals surface area contributed by atoms with Crippen molar-refractivity contribution < 1.29 is 4.79 Å². The molecule has 78 valence electrons. The van der Waals surface area contributed by atoms with Crippen molar-refractivity contribution >= 4 is 29.2 Å². The Bertz CT molecular complexity index is 392. The summed E-state index contributed by atoms with van der Waals surface area (Å²) in [4.78, 5) is 10.1. The topological polar surface area (TPSA) is 22.0 Å². The lowest BCUT2D eigenvalue weighted by atomic mass is 10.2. The highest BCUT2D eigenvalue weighted by Gasteiger charge is 1.85. The molecule has 1 aromatic heterocycles. The number of carbonyl (C=O) groups is 1. The van der Waals surface area contributed by atoms with Crippen LogP contribution in [0.2, 0.25) is 0 Å². The Balaban J connectivity index is 0.000000162. The Morgan fingerprint density at radius 2 is 1.67 bits per heavy atom.